The van der Waals surface area contributed by atoms with Crippen molar-refractivity contribution in [2.24, 2.45) is 0 Å². The molecule has 1 aromatic carbocycles. The van der Waals surface area contributed by atoms with Crippen LogP contribution in [0.1, 0.15) is 30.0 Å². The fraction of sp³-hybridized carbons (Fsp3) is 0.385. The number of hydrogen-bond acceptors (Lipinski definition) is 0. The molecule has 14 heavy (non-hydrogen) atoms. The summed E-state index contributed by atoms with van der Waals surface area (Å²) in [5.74, 6) is 0. The van der Waals surface area contributed by atoms with E-state index in [1.54, 1.807) is 0 Å². The second kappa shape index (κ2) is 5.35. The minimum atomic E-state index is 0.969. The van der Waals surface area contributed by atoms with Gasteiger partial charge in [-0.1, -0.05) is 58.3 Å². The Bertz CT molecular complexity index is 331. The van der Waals surface area contributed by atoms with Gasteiger partial charge in [-0.25, -0.2) is 0 Å². The predicted molar refractivity (Wildman–Crippen MR) is 68.0 cm³/mol. The van der Waals surface area contributed by atoms with E-state index in [-0.39, 0.29) is 0 Å². The molecule has 0 spiro atoms. The Morgan fingerprint density at radius 3 is 2.64 bits per heavy atom. The van der Waals surface area contributed by atoms with Crippen LogP contribution >= 0.6 is 15.9 Å². The van der Waals surface area contributed by atoms with Gasteiger partial charge in [0.2, 0.25) is 0 Å². The lowest BCUT2D eigenvalue weighted by Crippen LogP contribution is -1.86. The average molecular weight is 253 g/mol. The fourth-order valence-corrected chi connectivity index (χ4v) is 1.93. The molecule has 1 rings (SSSR count). The van der Waals surface area contributed by atoms with E-state index in [9.17, 15) is 0 Å². The number of hydrogen-bond donors (Lipinski definition) is 0. The zero-order valence-electron chi connectivity index (χ0n) is 9.10. The summed E-state index contributed by atoms with van der Waals surface area (Å²) < 4.78 is 0. The van der Waals surface area contributed by atoms with Crippen LogP contribution in [0.4, 0.5) is 0 Å². The first kappa shape index (κ1) is 11.5. The van der Waals surface area contributed by atoms with Gasteiger partial charge < -0.3 is 0 Å². The first-order chi connectivity index (χ1) is 6.67. The van der Waals surface area contributed by atoms with E-state index in [0.29, 0.717) is 0 Å². The molecule has 76 valence electrons. The topological polar surface area (TPSA) is 0 Å². The Morgan fingerprint density at radius 2 is 2.07 bits per heavy atom. The number of aryl methyl sites for hydroxylation is 2. The van der Waals surface area contributed by atoms with E-state index >= 15 is 0 Å². The Hall–Kier alpha value is -0.560. The molecule has 0 unspecified atom stereocenters. The standard InChI is InChI=1S/C13H17Br/c1-4-12(9-14)8-13-7-10(2)5-6-11(13)3/h5-8H,4,9H2,1-3H3/b12-8-. The van der Waals surface area contributed by atoms with E-state index in [0.717, 1.165) is 11.8 Å². The Balaban J connectivity index is 3.06. The summed E-state index contributed by atoms with van der Waals surface area (Å²) in [6.45, 7) is 6.49. The summed E-state index contributed by atoms with van der Waals surface area (Å²) in [4.78, 5) is 0. The Morgan fingerprint density at radius 1 is 1.36 bits per heavy atom. The van der Waals surface area contributed by atoms with Crippen LogP contribution in [0.25, 0.3) is 6.08 Å². The van der Waals surface area contributed by atoms with Crippen molar-refractivity contribution in [2.75, 3.05) is 5.33 Å². The van der Waals surface area contributed by atoms with Gasteiger partial charge in [0.05, 0.1) is 0 Å². The molecule has 0 aromatic heterocycles. The normalized spacial score (nSPS) is 11.9. The van der Waals surface area contributed by atoms with Gasteiger partial charge in [0.1, 0.15) is 0 Å². The van der Waals surface area contributed by atoms with Crippen LogP contribution in [0.2, 0.25) is 0 Å². The first-order valence-corrected chi connectivity index (χ1v) is 6.12. The molecule has 0 nitrogen and oxygen atoms in total. The highest BCUT2D eigenvalue weighted by Gasteiger charge is 1.97. The third-order valence-electron chi connectivity index (χ3n) is 2.42. The van der Waals surface area contributed by atoms with Gasteiger partial charge in [0, 0.05) is 5.33 Å². The van der Waals surface area contributed by atoms with Crippen LogP contribution in [-0.2, 0) is 0 Å². The molecule has 0 aliphatic rings. The third kappa shape index (κ3) is 2.98. The number of benzene rings is 1. The molecule has 0 saturated carbocycles. The summed E-state index contributed by atoms with van der Waals surface area (Å²) in [7, 11) is 0. The van der Waals surface area contributed by atoms with Crippen molar-refractivity contribution in [3.63, 3.8) is 0 Å². The Labute approximate surface area is 95.2 Å². The van der Waals surface area contributed by atoms with Crippen LogP contribution in [-0.4, -0.2) is 5.33 Å². The summed E-state index contributed by atoms with van der Waals surface area (Å²) in [5, 5.41) is 0.969. The van der Waals surface area contributed by atoms with E-state index in [1.807, 2.05) is 0 Å². The molecule has 0 saturated heterocycles. The smallest absolute Gasteiger partial charge is 0.0245 e. The molecule has 1 aromatic rings. The number of halogens is 1. The highest BCUT2D eigenvalue weighted by molar-refractivity contribution is 9.09. The fourth-order valence-electron chi connectivity index (χ4n) is 1.37. The van der Waals surface area contributed by atoms with Gasteiger partial charge in [-0.3, -0.25) is 0 Å². The van der Waals surface area contributed by atoms with Crippen molar-refractivity contribution < 1.29 is 0 Å². The molecule has 0 N–H and O–H groups in total. The van der Waals surface area contributed by atoms with Crippen LogP contribution in [0.15, 0.2) is 23.8 Å². The number of allylic oxidation sites excluding steroid dienone is 1. The van der Waals surface area contributed by atoms with Crippen LogP contribution < -0.4 is 0 Å². The molecule has 0 aliphatic carbocycles. The minimum absolute atomic E-state index is 0.969. The third-order valence-corrected chi connectivity index (χ3v) is 3.14. The SMILES string of the molecule is CC/C(=C/c1cc(C)ccc1C)CBr. The van der Waals surface area contributed by atoms with Crippen molar-refractivity contribution in [1.29, 1.82) is 0 Å². The van der Waals surface area contributed by atoms with E-state index < -0.39 is 0 Å². The quantitative estimate of drug-likeness (QED) is 0.696. The van der Waals surface area contributed by atoms with Gasteiger partial charge >= 0.3 is 0 Å². The summed E-state index contributed by atoms with van der Waals surface area (Å²) in [6.07, 6.45) is 3.40. The lowest BCUT2D eigenvalue weighted by molar-refractivity contribution is 1.12. The molecule has 0 heterocycles. The molecule has 0 aliphatic heterocycles. The largest absolute Gasteiger partial charge is 0.0880 e. The maximum Gasteiger partial charge on any atom is 0.0245 e. The maximum atomic E-state index is 3.51. The van der Waals surface area contributed by atoms with Gasteiger partial charge in [-0.2, -0.15) is 0 Å². The van der Waals surface area contributed by atoms with Crippen molar-refractivity contribution in [2.45, 2.75) is 27.2 Å². The zero-order chi connectivity index (χ0) is 10.6. The summed E-state index contributed by atoms with van der Waals surface area (Å²) in [5.41, 5.74) is 5.47. The predicted octanol–water partition coefficient (Wildman–Crippen LogP) is 4.49. The molecule has 0 fully saturated rings. The van der Waals surface area contributed by atoms with Crippen LogP contribution in [0.5, 0.6) is 0 Å². The highest BCUT2D eigenvalue weighted by atomic mass is 79.9. The molecule has 1 heteroatoms. The van der Waals surface area contributed by atoms with E-state index in [2.05, 4.69) is 61.0 Å². The second-order valence-corrected chi connectivity index (χ2v) is 4.21. The maximum absolute atomic E-state index is 3.51. The Kier molecular flexibility index (Phi) is 4.40. The highest BCUT2D eigenvalue weighted by Crippen LogP contribution is 2.17. The van der Waals surface area contributed by atoms with Crippen molar-refractivity contribution in [3.8, 4) is 0 Å². The zero-order valence-corrected chi connectivity index (χ0v) is 10.7. The van der Waals surface area contributed by atoms with Crippen molar-refractivity contribution in [1.82, 2.24) is 0 Å². The minimum Gasteiger partial charge on any atom is -0.0880 e. The summed E-state index contributed by atoms with van der Waals surface area (Å²) in [6, 6.07) is 6.59. The molecule has 0 atom stereocenters. The summed E-state index contributed by atoms with van der Waals surface area (Å²) >= 11 is 3.51. The van der Waals surface area contributed by atoms with Crippen molar-refractivity contribution in [3.05, 3.63) is 40.5 Å². The van der Waals surface area contributed by atoms with Gasteiger partial charge in [-0.05, 0) is 31.4 Å². The van der Waals surface area contributed by atoms with E-state index in [1.165, 1.54) is 22.3 Å². The van der Waals surface area contributed by atoms with Gasteiger partial charge in [-0.15, -0.1) is 0 Å². The van der Waals surface area contributed by atoms with Gasteiger partial charge in [0.25, 0.3) is 0 Å². The molecule has 0 amide bonds. The van der Waals surface area contributed by atoms with Crippen molar-refractivity contribution >= 4 is 22.0 Å². The lowest BCUT2D eigenvalue weighted by atomic mass is 10.0. The molecule has 0 bridgehead atoms. The van der Waals surface area contributed by atoms with Crippen LogP contribution in [0, 0.1) is 13.8 Å². The molecular formula is C13H17Br. The van der Waals surface area contributed by atoms with Gasteiger partial charge in [0.15, 0.2) is 0 Å². The monoisotopic (exact) mass is 252 g/mol. The number of rotatable bonds is 3. The lowest BCUT2D eigenvalue weighted by Gasteiger charge is -2.04. The first-order valence-electron chi connectivity index (χ1n) is 5.00. The van der Waals surface area contributed by atoms with Crippen LogP contribution in [0.3, 0.4) is 0 Å². The number of alkyl halides is 1. The molecular weight excluding hydrogens is 236 g/mol. The average Bonchev–Trinajstić information content (AvgIpc) is 2.19. The van der Waals surface area contributed by atoms with E-state index in [4.69, 9.17) is 0 Å². The second-order valence-electron chi connectivity index (χ2n) is 3.65. The molecule has 0 radical (unpaired) electrons.